The van der Waals surface area contributed by atoms with Crippen molar-refractivity contribution in [2.75, 3.05) is 6.54 Å². The largest absolute Gasteiger partial charge is 0.313 e. The zero-order chi connectivity index (χ0) is 20.5. The highest BCUT2D eigenvalue weighted by molar-refractivity contribution is 5.77. The predicted octanol–water partition coefficient (Wildman–Crippen LogP) is 4.04. The van der Waals surface area contributed by atoms with Crippen LogP contribution in [0.5, 0.6) is 0 Å². The van der Waals surface area contributed by atoms with E-state index in [-0.39, 0.29) is 5.82 Å². The first-order valence-corrected chi connectivity index (χ1v) is 9.24. The lowest BCUT2D eigenvalue weighted by atomic mass is 9.92. The van der Waals surface area contributed by atoms with Gasteiger partial charge in [-0.3, -0.25) is 10.0 Å². The van der Waals surface area contributed by atoms with Crippen molar-refractivity contribution < 1.29 is 23.2 Å². The SMILES string of the molecule is Cc1cc(C[C@H](CCCCNCc2ccc(F)c(F)c2)C(=O)NO)ccc1F. The number of aryl methyl sites for hydroxylation is 1. The summed E-state index contributed by atoms with van der Waals surface area (Å²) >= 11 is 0. The number of nitrogens with one attached hydrogen (secondary N) is 2. The van der Waals surface area contributed by atoms with E-state index in [1.54, 1.807) is 24.5 Å². The fourth-order valence-electron chi connectivity index (χ4n) is 3.06. The normalized spacial score (nSPS) is 12.0. The molecule has 0 saturated carbocycles. The van der Waals surface area contributed by atoms with E-state index in [1.165, 1.54) is 12.1 Å². The molecule has 4 nitrogen and oxygen atoms in total. The number of carbonyl (C=O) groups excluding carboxylic acids is 1. The highest BCUT2D eigenvalue weighted by Crippen LogP contribution is 2.18. The second-order valence-electron chi connectivity index (χ2n) is 6.88. The summed E-state index contributed by atoms with van der Waals surface area (Å²) in [6, 6.07) is 8.51. The number of amides is 1. The van der Waals surface area contributed by atoms with Crippen molar-refractivity contribution in [3.63, 3.8) is 0 Å². The molecule has 0 aliphatic heterocycles. The maximum atomic E-state index is 13.4. The van der Waals surface area contributed by atoms with E-state index in [0.717, 1.165) is 30.5 Å². The highest BCUT2D eigenvalue weighted by atomic mass is 19.2. The number of hydroxylamine groups is 1. The first-order valence-electron chi connectivity index (χ1n) is 9.24. The zero-order valence-electron chi connectivity index (χ0n) is 15.8. The van der Waals surface area contributed by atoms with Gasteiger partial charge in [0.05, 0.1) is 0 Å². The van der Waals surface area contributed by atoms with Gasteiger partial charge >= 0.3 is 0 Å². The van der Waals surface area contributed by atoms with E-state index in [1.807, 2.05) is 0 Å². The van der Waals surface area contributed by atoms with Crippen LogP contribution in [-0.4, -0.2) is 17.7 Å². The van der Waals surface area contributed by atoms with E-state index < -0.39 is 23.5 Å². The average molecular weight is 394 g/mol. The van der Waals surface area contributed by atoms with Gasteiger partial charge in [0, 0.05) is 12.5 Å². The van der Waals surface area contributed by atoms with Gasteiger partial charge in [0.2, 0.25) is 5.91 Å². The molecule has 0 aliphatic rings. The summed E-state index contributed by atoms with van der Waals surface area (Å²) < 4.78 is 39.4. The summed E-state index contributed by atoms with van der Waals surface area (Å²) in [6.45, 7) is 2.74. The Kier molecular flexibility index (Phi) is 8.47. The minimum atomic E-state index is -0.867. The Bertz CT molecular complexity index is 799. The van der Waals surface area contributed by atoms with E-state index in [4.69, 9.17) is 5.21 Å². The van der Waals surface area contributed by atoms with Crippen LogP contribution in [-0.2, 0) is 17.8 Å². The minimum Gasteiger partial charge on any atom is -0.313 e. The van der Waals surface area contributed by atoms with Crippen LogP contribution in [0.1, 0.15) is 36.0 Å². The van der Waals surface area contributed by atoms with E-state index in [2.05, 4.69) is 5.32 Å². The Morgan fingerprint density at radius 3 is 2.39 bits per heavy atom. The Hall–Kier alpha value is -2.38. The van der Waals surface area contributed by atoms with Crippen LogP contribution < -0.4 is 10.8 Å². The predicted molar refractivity (Wildman–Crippen MR) is 100 cm³/mol. The number of rotatable bonds is 10. The molecule has 152 valence electrons. The fraction of sp³-hybridized carbons (Fsp3) is 0.381. The first-order chi connectivity index (χ1) is 13.4. The van der Waals surface area contributed by atoms with Crippen LogP contribution in [0.4, 0.5) is 13.2 Å². The molecule has 1 amide bonds. The molecule has 2 aromatic rings. The lowest BCUT2D eigenvalue weighted by molar-refractivity contribution is -0.133. The molecule has 3 N–H and O–H groups in total. The van der Waals surface area contributed by atoms with Gasteiger partial charge in [-0.25, -0.2) is 18.7 Å². The molecule has 0 aromatic heterocycles. The van der Waals surface area contributed by atoms with E-state index in [0.29, 0.717) is 37.1 Å². The zero-order valence-corrected chi connectivity index (χ0v) is 15.8. The fourth-order valence-corrected chi connectivity index (χ4v) is 3.06. The van der Waals surface area contributed by atoms with Gasteiger partial charge in [-0.2, -0.15) is 0 Å². The molecule has 0 aliphatic carbocycles. The summed E-state index contributed by atoms with van der Waals surface area (Å²) in [5, 5.41) is 12.1. The van der Waals surface area contributed by atoms with Gasteiger partial charge in [0.15, 0.2) is 11.6 Å². The van der Waals surface area contributed by atoms with Gasteiger partial charge in [0.25, 0.3) is 0 Å². The van der Waals surface area contributed by atoms with Crippen molar-refractivity contribution in [2.24, 2.45) is 5.92 Å². The van der Waals surface area contributed by atoms with Crippen LogP contribution in [0, 0.1) is 30.3 Å². The van der Waals surface area contributed by atoms with Crippen molar-refractivity contribution in [1.82, 2.24) is 10.8 Å². The lowest BCUT2D eigenvalue weighted by Gasteiger charge is -2.15. The number of unbranched alkanes of at least 4 members (excludes halogenated alkanes) is 1. The topological polar surface area (TPSA) is 61.4 Å². The van der Waals surface area contributed by atoms with Crippen molar-refractivity contribution >= 4 is 5.91 Å². The molecule has 0 unspecified atom stereocenters. The molecule has 0 spiro atoms. The summed E-state index contributed by atoms with van der Waals surface area (Å²) in [4.78, 5) is 11.9. The molecule has 1 atom stereocenters. The maximum Gasteiger partial charge on any atom is 0.246 e. The molecule has 2 rings (SSSR count). The van der Waals surface area contributed by atoms with E-state index in [9.17, 15) is 18.0 Å². The number of hydrogen-bond acceptors (Lipinski definition) is 3. The van der Waals surface area contributed by atoms with Gasteiger partial charge in [-0.05, 0) is 67.6 Å². The van der Waals surface area contributed by atoms with Gasteiger partial charge in [-0.15, -0.1) is 0 Å². The summed E-state index contributed by atoms with van der Waals surface area (Å²) in [6.07, 6.45) is 2.50. The van der Waals surface area contributed by atoms with Crippen molar-refractivity contribution in [1.29, 1.82) is 0 Å². The third-order valence-corrected chi connectivity index (χ3v) is 4.65. The van der Waals surface area contributed by atoms with Crippen LogP contribution in [0.2, 0.25) is 0 Å². The molecule has 7 heteroatoms. The molecular formula is C21H25F3N2O2. The van der Waals surface area contributed by atoms with Crippen LogP contribution in [0.25, 0.3) is 0 Å². The van der Waals surface area contributed by atoms with Gasteiger partial charge < -0.3 is 5.32 Å². The summed E-state index contributed by atoms with van der Waals surface area (Å²) in [7, 11) is 0. The molecule has 0 heterocycles. The third kappa shape index (κ3) is 6.65. The maximum absolute atomic E-state index is 13.4. The van der Waals surface area contributed by atoms with Gasteiger partial charge in [-0.1, -0.05) is 24.6 Å². The third-order valence-electron chi connectivity index (χ3n) is 4.65. The monoisotopic (exact) mass is 394 g/mol. The molecule has 0 fully saturated rings. The molecule has 0 radical (unpaired) electrons. The van der Waals surface area contributed by atoms with Crippen molar-refractivity contribution in [2.45, 2.75) is 39.2 Å². The van der Waals surface area contributed by atoms with Crippen molar-refractivity contribution in [3.05, 3.63) is 70.5 Å². The van der Waals surface area contributed by atoms with Crippen molar-refractivity contribution in [3.8, 4) is 0 Å². The molecule has 0 bridgehead atoms. The Labute approximate surface area is 162 Å². The number of benzene rings is 2. The number of carbonyl (C=O) groups is 1. The summed E-state index contributed by atoms with van der Waals surface area (Å²) in [5.41, 5.74) is 3.71. The smallest absolute Gasteiger partial charge is 0.246 e. The molecular weight excluding hydrogens is 369 g/mol. The molecule has 0 saturated heterocycles. The standard InChI is InChI=1S/C21H25F3N2O2/c1-14-10-15(5-7-18(14)22)11-17(21(27)26-28)4-2-3-9-25-13-16-6-8-19(23)20(24)12-16/h5-8,10,12,17,25,28H,2-4,9,11,13H2,1H3,(H,26,27)/t17-/m0/s1. The lowest BCUT2D eigenvalue weighted by Crippen LogP contribution is -2.29. The number of halogens is 3. The first kappa shape index (κ1) is 21.9. The Balaban J connectivity index is 1.76. The highest BCUT2D eigenvalue weighted by Gasteiger charge is 2.18. The quantitative estimate of drug-likeness (QED) is 0.324. The minimum absolute atomic E-state index is 0.293. The van der Waals surface area contributed by atoms with Gasteiger partial charge in [0.1, 0.15) is 5.82 Å². The average Bonchev–Trinajstić information content (AvgIpc) is 2.68. The van der Waals surface area contributed by atoms with Crippen LogP contribution in [0.15, 0.2) is 36.4 Å². The van der Waals surface area contributed by atoms with E-state index >= 15 is 0 Å². The van der Waals surface area contributed by atoms with Crippen LogP contribution >= 0.6 is 0 Å². The van der Waals surface area contributed by atoms with Crippen LogP contribution in [0.3, 0.4) is 0 Å². The second kappa shape index (κ2) is 10.8. The molecule has 28 heavy (non-hydrogen) atoms. The second-order valence-corrected chi connectivity index (χ2v) is 6.88. The summed E-state index contributed by atoms with van der Waals surface area (Å²) in [5.74, 6) is -2.90. The number of hydrogen-bond donors (Lipinski definition) is 3. The molecule has 2 aromatic carbocycles. The Morgan fingerprint density at radius 2 is 1.71 bits per heavy atom. The Morgan fingerprint density at radius 1 is 1.00 bits per heavy atom.